The number of methoxy groups -OCH3 is 2. The lowest BCUT2D eigenvalue weighted by atomic mass is 10.1. The first-order valence-corrected chi connectivity index (χ1v) is 9.39. The van der Waals surface area contributed by atoms with Crippen molar-refractivity contribution < 1.29 is 22.6 Å². The molecule has 6 nitrogen and oxygen atoms in total. The Morgan fingerprint density at radius 3 is 2.43 bits per heavy atom. The molecule has 0 bridgehead atoms. The second-order valence-electron chi connectivity index (χ2n) is 6.54. The molecule has 0 aliphatic carbocycles. The summed E-state index contributed by atoms with van der Waals surface area (Å²) in [5, 5.41) is 3.09. The van der Waals surface area contributed by atoms with Crippen molar-refractivity contribution in [3.8, 4) is 11.5 Å². The van der Waals surface area contributed by atoms with Crippen LogP contribution in [0.1, 0.15) is 18.9 Å². The summed E-state index contributed by atoms with van der Waals surface area (Å²) in [6.07, 6.45) is -5.09. The zero-order valence-electron chi connectivity index (χ0n) is 16.7. The average Bonchev–Trinajstić information content (AvgIpc) is 2.67. The molecule has 0 radical (unpaired) electrons. The van der Waals surface area contributed by atoms with Crippen molar-refractivity contribution in [1.82, 2.24) is 15.1 Å². The van der Waals surface area contributed by atoms with Gasteiger partial charge in [-0.15, -0.1) is 0 Å². The summed E-state index contributed by atoms with van der Waals surface area (Å²) >= 11 is 0. The van der Waals surface area contributed by atoms with E-state index in [4.69, 9.17) is 9.47 Å². The third-order valence-corrected chi connectivity index (χ3v) is 4.55. The zero-order chi connectivity index (χ0) is 20.6. The number of piperazine rings is 1. The number of hydrogen-bond donors (Lipinski definition) is 1. The summed E-state index contributed by atoms with van der Waals surface area (Å²) < 4.78 is 47.9. The Morgan fingerprint density at radius 1 is 1.14 bits per heavy atom. The van der Waals surface area contributed by atoms with Gasteiger partial charge >= 0.3 is 6.18 Å². The lowest BCUT2D eigenvalue weighted by Gasteiger charge is -2.36. The van der Waals surface area contributed by atoms with Crippen molar-refractivity contribution >= 4 is 5.96 Å². The number of aliphatic imine (C=N–C) groups is 1. The summed E-state index contributed by atoms with van der Waals surface area (Å²) in [7, 11) is 3.27. The highest BCUT2D eigenvalue weighted by molar-refractivity contribution is 5.80. The van der Waals surface area contributed by atoms with Gasteiger partial charge in [0.05, 0.1) is 27.2 Å². The fourth-order valence-electron chi connectivity index (χ4n) is 3.08. The number of benzene rings is 1. The molecule has 1 aromatic carbocycles. The summed E-state index contributed by atoms with van der Waals surface area (Å²) in [5.41, 5.74) is 1.04. The zero-order valence-corrected chi connectivity index (χ0v) is 16.7. The van der Waals surface area contributed by atoms with Crippen molar-refractivity contribution in [2.75, 3.05) is 53.5 Å². The maximum atomic E-state index is 12.4. The number of alkyl halides is 3. The van der Waals surface area contributed by atoms with Gasteiger partial charge in [0, 0.05) is 44.8 Å². The van der Waals surface area contributed by atoms with Crippen molar-refractivity contribution in [2.45, 2.75) is 26.1 Å². The molecule has 1 saturated heterocycles. The fourth-order valence-corrected chi connectivity index (χ4v) is 3.08. The minimum absolute atomic E-state index is 0.257. The maximum Gasteiger partial charge on any atom is 0.390 e. The van der Waals surface area contributed by atoms with Crippen LogP contribution < -0.4 is 14.8 Å². The predicted octanol–water partition coefficient (Wildman–Crippen LogP) is 2.74. The lowest BCUT2D eigenvalue weighted by Crippen LogP contribution is -2.52. The van der Waals surface area contributed by atoms with Crippen LogP contribution in [0.2, 0.25) is 0 Å². The Balaban J connectivity index is 1.94. The number of nitrogens with one attached hydrogen (secondary N) is 1. The molecule has 2 rings (SSSR count). The normalized spacial score (nSPS) is 16.2. The molecule has 1 aliphatic heterocycles. The molecule has 0 spiro atoms. The van der Waals surface area contributed by atoms with E-state index in [0.29, 0.717) is 25.6 Å². The number of nitrogens with zero attached hydrogens (tertiary/aromatic N) is 3. The number of ether oxygens (including phenoxy) is 2. The highest BCUT2D eigenvalue weighted by atomic mass is 19.4. The lowest BCUT2D eigenvalue weighted by molar-refractivity contribution is -0.132. The molecule has 9 heteroatoms. The Bertz CT molecular complexity index is 645. The summed E-state index contributed by atoms with van der Waals surface area (Å²) in [6, 6.07) is 5.72. The number of halogens is 3. The summed E-state index contributed by atoms with van der Waals surface area (Å²) in [5.74, 6) is 2.14. The molecule has 0 amide bonds. The van der Waals surface area contributed by atoms with E-state index in [0.717, 1.165) is 36.7 Å². The highest BCUT2D eigenvalue weighted by Gasteiger charge is 2.27. The smallest absolute Gasteiger partial charge is 0.390 e. The van der Waals surface area contributed by atoms with Gasteiger partial charge in [0.2, 0.25) is 0 Å². The van der Waals surface area contributed by atoms with Gasteiger partial charge in [0.1, 0.15) is 11.5 Å². The fraction of sp³-hybridized carbons (Fsp3) is 0.632. The molecule has 1 fully saturated rings. The Labute approximate surface area is 164 Å². The standard InChI is InChI=1S/C19H29F3N4O2/c1-4-23-18(24-8-7-19(20,21)22)26-11-9-25(10-12-26)14-15-13-16(27-2)5-6-17(15)28-3/h5-6,13H,4,7-12,14H2,1-3H3,(H,23,24). The third kappa shape index (κ3) is 6.78. The van der Waals surface area contributed by atoms with E-state index in [1.807, 2.05) is 30.0 Å². The van der Waals surface area contributed by atoms with Crippen LogP contribution in [0.3, 0.4) is 0 Å². The minimum atomic E-state index is -4.19. The largest absolute Gasteiger partial charge is 0.497 e. The molecular formula is C19H29F3N4O2. The van der Waals surface area contributed by atoms with Gasteiger partial charge in [-0.2, -0.15) is 13.2 Å². The van der Waals surface area contributed by atoms with Gasteiger partial charge < -0.3 is 19.7 Å². The van der Waals surface area contributed by atoms with Crippen molar-refractivity contribution in [2.24, 2.45) is 4.99 Å². The second kappa shape index (κ2) is 10.4. The third-order valence-electron chi connectivity index (χ3n) is 4.55. The Hall–Kier alpha value is -2.16. The molecule has 1 aliphatic rings. The molecule has 1 N–H and O–H groups in total. The van der Waals surface area contributed by atoms with Gasteiger partial charge in [-0.3, -0.25) is 9.89 Å². The SMILES string of the molecule is CCNC(=NCCC(F)(F)F)N1CCN(Cc2cc(OC)ccc2OC)CC1. The van der Waals surface area contributed by atoms with Crippen LogP contribution in [0.25, 0.3) is 0 Å². The average molecular weight is 402 g/mol. The monoisotopic (exact) mass is 402 g/mol. The van der Waals surface area contributed by atoms with Gasteiger partial charge in [0.25, 0.3) is 0 Å². The molecule has 158 valence electrons. The second-order valence-corrected chi connectivity index (χ2v) is 6.54. The maximum absolute atomic E-state index is 12.4. The quantitative estimate of drug-likeness (QED) is 0.562. The Morgan fingerprint density at radius 2 is 1.86 bits per heavy atom. The molecule has 1 heterocycles. The summed E-state index contributed by atoms with van der Waals surface area (Å²) in [4.78, 5) is 8.44. The first-order chi connectivity index (χ1) is 13.4. The van der Waals surface area contributed by atoms with Gasteiger partial charge in [-0.25, -0.2) is 0 Å². The van der Waals surface area contributed by atoms with Crippen molar-refractivity contribution in [3.63, 3.8) is 0 Å². The number of hydrogen-bond acceptors (Lipinski definition) is 4. The van der Waals surface area contributed by atoms with E-state index in [1.54, 1.807) is 14.2 Å². The van der Waals surface area contributed by atoms with Crippen molar-refractivity contribution in [1.29, 1.82) is 0 Å². The van der Waals surface area contributed by atoms with Crippen molar-refractivity contribution in [3.05, 3.63) is 23.8 Å². The molecule has 1 aromatic rings. The van der Waals surface area contributed by atoms with Crippen LogP contribution in [0, 0.1) is 0 Å². The molecular weight excluding hydrogens is 373 g/mol. The summed E-state index contributed by atoms with van der Waals surface area (Å²) in [6.45, 7) is 5.95. The molecule has 0 saturated carbocycles. The number of guanidine groups is 1. The number of rotatable bonds is 7. The van der Waals surface area contributed by atoms with Crippen LogP contribution in [0.15, 0.2) is 23.2 Å². The first kappa shape index (κ1) is 22.1. The molecule has 0 unspecified atom stereocenters. The van der Waals surface area contributed by atoms with Crippen LogP contribution in [-0.4, -0.2) is 75.4 Å². The topological polar surface area (TPSA) is 49.3 Å². The van der Waals surface area contributed by atoms with Gasteiger partial charge in [0.15, 0.2) is 5.96 Å². The highest BCUT2D eigenvalue weighted by Crippen LogP contribution is 2.25. The van der Waals surface area contributed by atoms with Crippen LogP contribution in [0.5, 0.6) is 11.5 Å². The van der Waals surface area contributed by atoms with Crippen LogP contribution >= 0.6 is 0 Å². The van der Waals surface area contributed by atoms with E-state index in [2.05, 4.69) is 15.2 Å². The van der Waals surface area contributed by atoms with E-state index >= 15 is 0 Å². The van der Waals surface area contributed by atoms with Gasteiger partial charge in [-0.05, 0) is 25.1 Å². The first-order valence-electron chi connectivity index (χ1n) is 9.39. The van der Waals surface area contributed by atoms with E-state index < -0.39 is 12.6 Å². The van der Waals surface area contributed by atoms with Crippen LogP contribution in [-0.2, 0) is 6.54 Å². The van der Waals surface area contributed by atoms with Crippen LogP contribution in [0.4, 0.5) is 13.2 Å². The van der Waals surface area contributed by atoms with Gasteiger partial charge in [-0.1, -0.05) is 0 Å². The van der Waals surface area contributed by atoms with E-state index in [9.17, 15) is 13.2 Å². The minimum Gasteiger partial charge on any atom is -0.497 e. The molecule has 0 atom stereocenters. The van der Waals surface area contributed by atoms with E-state index in [1.165, 1.54) is 0 Å². The van der Waals surface area contributed by atoms with E-state index in [-0.39, 0.29) is 6.54 Å². The predicted molar refractivity (Wildman–Crippen MR) is 103 cm³/mol. The molecule has 0 aromatic heterocycles. The Kier molecular flexibility index (Phi) is 8.22. The molecule has 28 heavy (non-hydrogen) atoms.